The second-order valence-electron chi connectivity index (χ2n) is 7.67. The van der Waals surface area contributed by atoms with E-state index < -0.39 is 11.5 Å². The summed E-state index contributed by atoms with van der Waals surface area (Å²) in [5, 5.41) is 0. The maximum absolute atomic E-state index is 13.7. The fourth-order valence-electron chi connectivity index (χ4n) is 3.87. The van der Waals surface area contributed by atoms with Gasteiger partial charge in [-0.3, -0.25) is 0 Å². The number of likely N-dealkylation sites (N-methyl/N-ethyl adjacent to an activating group) is 1. The summed E-state index contributed by atoms with van der Waals surface area (Å²) in [6.45, 7) is 9.29. The zero-order valence-electron chi connectivity index (χ0n) is 16.8. The highest BCUT2D eigenvalue weighted by Gasteiger charge is 2.44. The molecular weight excluding hydrogens is 356 g/mol. The molecule has 0 fully saturated rings. The lowest BCUT2D eigenvalue weighted by Crippen LogP contribution is -2.47. The molecule has 0 bridgehead atoms. The van der Waals surface area contributed by atoms with Crippen molar-refractivity contribution >= 4 is 5.96 Å². The SMILES string of the molecule is C=C1[C@@H](c2ccc(C(C)(F)F)cc2)[C@@](C)(c2cccc(CC)c2)N=C(N)N1C. The van der Waals surface area contributed by atoms with E-state index in [1.54, 1.807) is 17.0 Å². The quantitative estimate of drug-likeness (QED) is 0.795. The van der Waals surface area contributed by atoms with Gasteiger partial charge in [0.15, 0.2) is 5.96 Å². The number of nitrogens with two attached hydrogens (primary N) is 1. The van der Waals surface area contributed by atoms with E-state index in [0.717, 1.165) is 30.2 Å². The summed E-state index contributed by atoms with van der Waals surface area (Å²) >= 11 is 0. The molecule has 2 atom stereocenters. The summed E-state index contributed by atoms with van der Waals surface area (Å²) < 4.78 is 27.3. The Bertz CT molecular complexity index is 912. The van der Waals surface area contributed by atoms with Crippen LogP contribution in [0.15, 0.2) is 65.8 Å². The second kappa shape index (κ2) is 7.04. The second-order valence-corrected chi connectivity index (χ2v) is 7.67. The van der Waals surface area contributed by atoms with Gasteiger partial charge >= 0.3 is 0 Å². The van der Waals surface area contributed by atoms with Gasteiger partial charge in [-0.25, -0.2) is 13.8 Å². The summed E-state index contributed by atoms with van der Waals surface area (Å²) in [7, 11) is 1.82. The largest absolute Gasteiger partial charge is 0.370 e. The van der Waals surface area contributed by atoms with Gasteiger partial charge in [-0.05, 0) is 30.0 Å². The van der Waals surface area contributed by atoms with E-state index in [1.807, 2.05) is 26.1 Å². The topological polar surface area (TPSA) is 41.6 Å². The molecule has 0 spiro atoms. The van der Waals surface area contributed by atoms with E-state index in [-0.39, 0.29) is 11.5 Å². The molecule has 3 rings (SSSR count). The highest BCUT2D eigenvalue weighted by molar-refractivity contribution is 5.82. The average Bonchev–Trinajstić information content (AvgIpc) is 2.66. The first-order valence-electron chi connectivity index (χ1n) is 9.43. The smallest absolute Gasteiger partial charge is 0.270 e. The van der Waals surface area contributed by atoms with Gasteiger partial charge in [-0.2, -0.15) is 0 Å². The summed E-state index contributed by atoms with van der Waals surface area (Å²) in [6, 6.07) is 14.7. The monoisotopic (exact) mass is 383 g/mol. The third kappa shape index (κ3) is 3.41. The van der Waals surface area contributed by atoms with Crippen molar-refractivity contribution in [3.05, 3.63) is 83.1 Å². The van der Waals surface area contributed by atoms with Gasteiger partial charge in [0.2, 0.25) is 0 Å². The Hall–Kier alpha value is -2.69. The number of aryl methyl sites for hydroxylation is 1. The molecule has 5 heteroatoms. The molecule has 2 N–H and O–H groups in total. The zero-order chi connectivity index (χ0) is 20.7. The summed E-state index contributed by atoms with van der Waals surface area (Å²) in [6.07, 6.45) is 0.912. The van der Waals surface area contributed by atoms with Crippen LogP contribution >= 0.6 is 0 Å². The lowest BCUT2D eigenvalue weighted by Gasteiger charge is -2.44. The van der Waals surface area contributed by atoms with Gasteiger partial charge < -0.3 is 10.6 Å². The Morgan fingerprint density at radius 1 is 1.21 bits per heavy atom. The molecule has 0 saturated carbocycles. The third-order valence-corrected chi connectivity index (χ3v) is 5.69. The molecule has 0 saturated heterocycles. The van der Waals surface area contributed by atoms with Crippen molar-refractivity contribution in [3.8, 4) is 0 Å². The fourth-order valence-corrected chi connectivity index (χ4v) is 3.87. The molecule has 0 aliphatic carbocycles. The first kappa shape index (κ1) is 20.1. The van der Waals surface area contributed by atoms with Crippen LogP contribution in [0.4, 0.5) is 8.78 Å². The van der Waals surface area contributed by atoms with Crippen LogP contribution in [0.25, 0.3) is 0 Å². The van der Waals surface area contributed by atoms with E-state index in [9.17, 15) is 8.78 Å². The van der Waals surface area contributed by atoms with Crippen molar-refractivity contribution in [1.29, 1.82) is 0 Å². The molecular formula is C23H27F2N3. The van der Waals surface area contributed by atoms with Crippen molar-refractivity contribution in [1.82, 2.24) is 4.90 Å². The summed E-state index contributed by atoms with van der Waals surface area (Å²) in [5.74, 6) is -2.71. The standard InChI is InChI=1S/C23H27F2N3/c1-6-16-8-7-9-19(14-16)22(3)20(15(2)28(5)21(26)27-22)17-10-12-18(13-11-17)23(4,24)25/h7-14,20H,2,6H2,1,3-5H3,(H2,26,27)/t20-,22+/m0/s1. The van der Waals surface area contributed by atoms with Crippen LogP contribution in [-0.2, 0) is 17.9 Å². The molecule has 0 amide bonds. The number of aliphatic imine (C=N–C) groups is 1. The van der Waals surface area contributed by atoms with Crippen LogP contribution in [0.1, 0.15) is 48.9 Å². The number of alkyl halides is 2. The molecule has 1 aliphatic rings. The van der Waals surface area contributed by atoms with E-state index in [0.29, 0.717) is 5.96 Å². The fraction of sp³-hybridized carbons (Fsp3) is 0.348. The third-order valence-electron chi connectivity index (χ3n) is 5.69. The van der Waals surface area contributed by atoms with Crippen molar-refractivity contribution < 1.29 is 8.78 Å². The highest BCUT2D eigenvalue weighted by atomic mass is 19.3. The molecule has 2 aromatic carbocycles. The molecule has 0 aromatic heterocycles. The maximum atomic E-state index is 13.7. The lowest BCUT2D eigenvalue weighted by molar-refractivity contribution is 0.0174. The molecule has 3 nitrogen and oxygen atoms in total. The molecule has 2 aromatic rings. The molecule has 0 radical (unpaired) electrons. The van der Waals surface area contributed by atoms with Gasteiger partial charge in [0.05, 0.1) is 11.5 Å². The molecule has 148 valence electrons. The maximum Gasteiger partial charge on any atom is 0.270 e. The van der Waals surface area contributed by atoms with E-state index >= 15 is 0 Å². The Morgan fingerprint density at radius 3 is 2.43 bits per heavy atom. The predicted molar refractivity (Wildman–Crippen MR) is 110 cm³/mol. The number of rotatable bonds is 4. The number of nitrogens with zero attached hydrogens (tertiary/aromatic N) is 2. The number of benzene rings is 2. The van der Waals surface area contributed by atoms with E-state index in [4.69, 9.17) is 10.7 Å². The van der Waals surface area contributed by atoms with Crippen molar-refractivity contribution in [2.75, 3.05) is 7.05 Å². The van der Waals surface area contributed by atoms with Gasteiger partial charge in [0.1, 0.15) is 0 Å². The van der Waals surface area contributed by atoms with Crippen LogP contribution in [0, 0.1) is 0 Å². The number of guanidine groups is 1. The summed E-state index contributed by atoms with van der Waals surface area (Å²) in [5.41, 5.74) is 9.39. The van der Waals surface area contributed by atoms with Gasteiger partial charge in [0.25, 0.3) is 5.92 Å². The Kier molecular flexibility index (Phi) is 5.04. The minimum atomic E-state index is -2.87. The van der Waals surface area contributed by atoms with Gasteiger partial charge in [0, 0.05) is 25.2 Å². The van der Waals surface area contributed by atoms with Crippen molar-refractivity contribution in [2.24, 2.45) is 10.7 Å². The van der Waals surface area contributed by atoms with Crippen molar-refractivity contribution in [2.45, 2.75) is 44.6 Å². The number of halogens is 2. The average molecular weight is 383 g/mol. The Labute approximate surface area is 165 Å². The van der Waals surface area contributed by atoms with Crippen molar-refractivity contribution in [3.63, 3.8) is 0 Å². The first-order valence-corrected chi connectivity index (χ1v) is 9.43. The lowest BCUT2D eigenvalue weighted by atomic mass is 9.73. The van der Waals surface area contributed by atoms with Crippen LogP contribution in [0.5, 0.6) is 0 Å². The zero-order valence-corrected chi connectivity index (χ0v) is 16.8. The minimum Gasteiger partial charge on any atom is -0.370 e. The number of hydrogen-bond donors (Lipinski definition) is 1. The highest BCUT2D eigenvalue weighted by Crippen LogP contribution is 2.48. The number of hydrogen-bond acceptors (Lipinski definition) is 3. The normalized spacial score (nSPS) is 22.9. The molecule has 0 unspecified atom stereocenters. The first-order chi connectivity index (χ1) is 13.1. The van der Waals surface area contributed by atoms with Gasteiger partial charge in [-0.1, -0.05) is 62.0 Å². The molecule has 1 heterocycles. The predicted octanol–water partition coefficient (Wildman–Crippen LogP) is 5.13. The van der Waals surface area contributed by atoms with Crippen LogP contribution in [0.2, 0.25) is 0 Å². The van der Waals surface area contributed by atoms with Crippen LogP contribution < -0.4 is 5.73 Å². The Morgan fingerprint density at radius 2 is 1.86 bits per heavy atom. The van der Waals surface area contributed by atoms with Crippen LogP contribution in [0.3, 0.4) is 0 Å². The minimum absolute atomic E-state index is 0.0104. The van der Waals surface area contributed by atoms with Crippen LogP contribution in [-0.4, -0.2) is 17.9 Å². The summed E-state index contributed by atoms with van der Waals surface area (Å²) in [4.78, 5) is 6.59. The molecule has 1 aliphatic heterocycles. The molecule has 28 heavy (non-hydrogen) atoms. The van der Waals surface area contributed by atoms with E-state index in [2.05, 4.69) is 25.6 Å². The van der Waals surface area contributed by atoms with Gasteiger partial charge in [-0.15, -0.1) is 0 Å². The van der Waals surface area contributed by atoms with E-state index in [1.165, 1.54) is 17.7 Å². The Balaban J connectivity index is 2.16.